The van der Waals surface area contributed by atoms with Crippen molar-refractivity contribution in [2.45, 2.75) is 12.7 Å². The van der Waals surface area contributed by atoms with Crippen LogP contribution >= 0.6 is 0 Å². The fourth-order valence-electron chi connectivity index (χ4n) is 2.17. The minimum absolute atomic E-state index is 0.0344. The number of amides is 2. The van der Waals surface area contributed by atoms with Crippen molar-refractivity contribution < 1.29 is 18.0 Å². The summed E-state index contributed by atoms with van der Waals surface area (Å²) in [6.07, 6.45) is -1.36. The summed E-state index contributed by atoms with van der Waals surface area (Å²) in [5, 5.41) is 11.3. The molecule has 7 nitrogen and oxygen atoms in total. The lowest BCUT2D eigenvalue weighted by Crippen LogP contribution is -2.29. The van der Waals surface area contributed by atoms with Crippen molar-refractivity contribution in [3.8, 4) is 11.4 Å². The first-order valence-electron chi connectivity index (χ1n) is 7.46. The predicted octanol–water partition coefficient (Wildman–Crippen LogP) is 3.21. The molecule has 3 rings (SSSR count). The number of urea groups is 1. The number of aromatic nitrogens is 4. The van der Waals surface area contributed by atoms with Crippen molar-refractivity contribution in [1.29, 1.82) is 0 Å². The summed E-state index contributed by atoms with van der Waals surface area (Å²) in [5.41, 5.74) is -0.557. The van der Waals surface area contributed by atoms with Crippen LogP contribution in [-0.2, 0) is 12.7 Å². The normalized spacial score (nSPS) is 11.2. The molecule has 0 fully saturated rings. The standard InChI is InChI=1S/C16H13F3N6O/c17-16(18,19)11-5-1-2-6-12(11)22-15(26)21-9-13-23-14(25-24-13)10-4-3-7-20-8-10/h1-8H,9H2,(H2,21,22,26)(H,23,24,25). The molecular weight excluding hydrogens is 349 g/mol. The van der Waals surface area contributed by atoms with Gasteiger partial charge in [0.2, 0.25) is 0 Å². The number of nitrogens with zero attached hydrogens (tertiary/aromatic N) is 3. The number of hydrogen-bond acceptors (Lipinski definition) is 4. The molecule has 0 saturated heterocycles. The average Bonchev–Trinajstić information content (AvgIpc) is 3.09. The Balaban J connectivity index is 1.61. The average molecular weight is 362 g/mol. The van der Waals surface area contributed by atoms with Gasteiger partial charge in [0, 0.05) is 18.0 Å². The second-order valence-electron chi connectivity index (χ2n) is 5.20. The number of para-hydroxylation sites is 1. The number of nitrogens with one attached hydrogen (secondary N) is 3. The highest BCUT2D eigenvalue weighted by Gasteiger charge is 2.33. The number of H-pyrrole nitrogens is 1. The van der Waals surface area contributed by atoms with E-state index >= 15 is 0 Å². The zero-order valence-corrected chi connectivity index (χ0v) is 13.2. The van der Waals surface area contributed by atoms with Gasteiger partial charge in [-0.15, -0.1) is 0 Å². The van der Waals surface area contributed by atoms with E-state index in [1.54, 1.807) is 24.5 Å². The van der Waals surface area contributed by atoms with Crippen LogP contribution < -0.4 is 10.6 Å². The molecule has 0 radical (unpaired) electrons. The van der Waals surface area contributed by atoms with Crippen LogP contribution in [0, 0.1) is 0 Å². The summed E-state index contributed by atoms with van der Waals surface area (Å²) in [5.74, 6) is 0.751. The molecule has 0 unspecified atom stereocenters. The smallest absolute Gasteiger partial charge is 0.331 e. The Labute approximate surface area is 145 Å². The van der Waals surface area contributed by atoms with Crippen molar-refractivity contribution in [3.63, 3.8) is 0 Å². The van der Waals surface area contributed by atoms with Crippen molar-refractivity contribution >= 4 is 11.7 Å². The van der Waals surface area contributed by atoms with E-state index in [1.807, 2.05) is 0 Å². The third-order valence-electron chi connectivity index (χ3n) is 3.35. The number of carbonyl (C=O) groups excluding carboxylic acids is 1. The first-order valence-corrected chi connectivity index (χ1v) is 7.46. The Morgan fingerprint density at radius 1 is 1.15 bits per heavy atom. The lowest BCUT2D eigenvalue weighted by atomic mass is 10.1. The summed E-state index contributed by atoms with van der Waals surface area (Å²) in [6.45, 7) is -0.0344. The Kier molecular flexibility index (Phi) is 4.83. The molecule has 1 aromatic carbocycles. The van der Waals surface area contributed by atoms with E-state index in [1.165, 1.54) is 18.2 Å². The second kappa shape index (κ2) is 7.21. The van der Waals surface area contributed by atoms with E-state index in [2.05, 4.69) is 30.8 Å². The SMILES string of the molecule is O=C(NCc1nc(-c2cccnc2)n[nH]1)Nc1ccccc1C(F)(F)F. The molecule has 10 heteroatoms. The van der Waals surface area contributed by atoms with Gasteiger partial charge in [-0.05, 0) is 24.3 Å². The van der Waals surface area contributed by atoms with Crippen molar-refractivity contribution in [2.75, 3.05) is 5.32 Å². The highest BCUT2D eigenvalue weighted by molar-refractivity contribution is 5.90. The van der Waals surface area contributed by atoms with Crippen molar-refractivity contribution in [1.82, 2.24) is 25.5 Å². The fraction of sp³-hybridized carbons (Fsp3) is 0.125. The molecule has 0 bridgehead atoms. The zero-order chi connectivity index (χ0) is 18.6. The Hall–Kier alpha value is -3.43. The summed E-state index contributed by atoms with van der Waals surface area (Å²) >= 11 is 0. The molecule has 0 saturated carbocycles. The number of anilines is 1. The van der Waals surface area contributed by atoms with Gasteiger partial charge in [0.1, 0.15) is 5.82 Å². The van der Waals surface area contributed by atoms with Gasteiger partial charge >= 0.3 is 12.2 Å². The first kappa shape index (κ1) is 17.4. The maximum Gasteiger partial charge on any atom is 0.418 e. The van der Waals surface area contributed by atoms with Gasteiger partial charge in [-0.3, -0.25) is 10.1 Å². The van der Waals surface area contributed by atoms with Gasteiger partial charge in [0.05, 0.1) is 17.8 Å². The van der Waals surface area contributed by atoms with Crippen LogP contribution in [0.1, 0.15) is 11.4 Å². The van der Waals surface area contributed by atoms with Crippen LogP contribution in [0.15, 0.2) is 48.8 Å². The van der Waals surface area contributed by atoms with Gasteiger partial charge in [-0.25, -0.2) is 9.78 Å². The first-order chi connectivity index (χ1) is 12.4. The molecule has 3 N–H and O–H groups in total. The predicted molar refractivity (Wildman–Crippen MR) is 86.9 cm³/mol. The Morgan fingerprint density at radius 2 is 1.96 bits per heavy atom. The maximum atomic E-state index is 12.9. The molecule has 0 atom stereocenters. The summed E-state index contributed by atoms with van der Waals surface area (Å²) in [7, 11) is 0. The van der Waals surface area contributed by atoms with Gasteiger partial charge in [-0.1, -0.05) is 12.1 Å². The quantitative estimate of drug-likeness (QED) is 0.664. The monoisotopic (exact) mass is 362 g/mol. The summed E-state index contributed by atoms with van der Waals surface area (Å²) in [6, 6.07) is 7.44. The number of halogens is 3. The minimum atomic E-state index is -4.56. The van der Waals surface area contributed by atoms with Gasteiger partial charge in [0.25, 0.3) is 0 Å². The number of pyridine rings is 1. The number of alkyl halides is 3. The van der Waals surface area contributed by atoms with E-state index in [0.29, 0.717) is 17.2 Å². The number of benzene rings is 1. The van der Waals surface area contributed by atoms with Crippen LogP contribution in [0.4, 0.5) is 23.7 Å². The number of aromatic amines is 1. The number of carbonyl (C=O) groups is 1. The van der Waals surface area contributed by atoms with Gasteiger partial charge in [-0.2, -0.15) is 18.3 Å². The van der Waals surface area contributed by atoms with Crippen LogP contribution in [0.25, 0.3) is 11.4 Å². The van der Waals surface area contributed by atoms with Crippen LogP contribution in [0.3, 0.4) is 0 Å². The van der Waals surface area contributed by atoms with Crippen molar-refractivity contribution in [2.24, 2.45) is 0 Å². The molecular formula is C16H13F3N6O. The van der Waals surface area contributed by atoms with Crippen LogP contribution in [0.5, 0.6) is 0 Å². The molecule has 2 heterocycles. The zero-order valence-electron chi connectivity index (χ0n) is 13.2. The summed E-state index contributed by atoms with van der Waals surface area (Å²) in [4.78, 5) is 20.0. The molecule has 0 aliphatic heterocycles. The molecule has 2 aromatic heterocycles. The van der Waals surface area contributed by atoms with E-state index in [4.69, 9.17) is 0 Å². The van der Waals surface area contributed by atoms with Crippen LogP contribution in [-0.4, -0.2) is 26.2 Å². The summed E-state index contributed by atoms with van der Waals surface area (Å²) < 4.78 is 38.7. The van der Waals surface area contributed by atoms with Crippen LogP contribution in [0.2, 0.25) is 0 Å². The lowest BCUT2D eigenvalue weighted by Gasteiger charge is -2.13. The molecule has 26 heavy (non-hydrogen) atoms. The van der Waals surface area contributed by atoms with Gasteiger partial charge < -0.3 is 10.6 Å². The number of rotatable bonds is 4. The molecule has 0 aliphatic rings. The molecule has 3 aromatic rings. The molecule has 134 valence electrons. The maximum absolute atomic E-state index is 12.9. The largest absolute Gasteiger partial charge is 0.418 e. The lowest BCUT2D eigenvalue weighted by molar-refractivity contribution is -0.136. The Morgan fingerprint density at radius 3 is 2.69 bits per heavy atom. The molecule has 0 spiro atoms. The third-order valence-corrected chi connectivity index (χ3v) is 3.35. The van der Waals surface area contributed by atoms with Gasteiger partial charge in [0.15, 0.2) is 5.82 Å². The van der Waals surface area contributed by atoms with E-state index in [0.717, 1.165) is 6.07 Å². The fourth-order valence-corrected chi connectivity index (χ4v) is 2.17. The minimum Gasteiger partial charge on any atom is -0.331 e. The van der Waals surface area contributed by atoms with E-state index < -0.39 is 17.8 Å². The highest BCUT2D eigenvalue weighted by atomic mass is 19.4. The molecule has 0 aliphatic carbocycles. The topological polar surface area (TPSA) is 95.6 Å². The Bertz CT molecular complexity index is 894. The molecule has 2 amide bonds. The van der Waals surface area contributed by atoms with E-state index in [9.17, 15) is 18.0 Å². The third kappa shape index (κ3) is 4.15. The number of hydrogen-bond donors (Lipinski definition) is 3. The highest BCUT2D eigenvalue weighted by Crippen LogP contribution is 2.34. The second-order valence-corrected chi connectivity index (χ2v) is 5.20. The van der Waals surface area contributed by atoms with Crippen molar-refractivity contribution in [3.05, 3.63) is 60.2 Å². The van der Waals surface area contributed by atoms with E-state index in [-0.39, 0.29) is 12.2 Å².